The molecule has 2 atom stereocenters. The van der Waals surface area contributed by atoms with E-state index in [1.165, 1.54) is 5.56 Å². The van der Waals surface area contributed by atoms with E-state index in [9.17, 15) is 10.2 Å². The summed E-state index contributed by atoms with van der Waals surface area (Å²) in [5.74, 6) is 0. The van der Waals surface area contributed by atoms with Gasteiger partial charge < -0.3 is 10.2 Å². The summed E-state index contributed by atoms with van der Waals surface area (Å²) < 4.78 is 0. The van der Waals surface area contributed by atoms with E-state index < -0.39 is 0 Å². The Bertz CT molecular complexity index is 377. The van der Waals surface area contributed by atoms with Crippen molar-refractivity contribution in [3.8, 4) is 0 Å². The van der Waals surface area contributed by atoms with E-state index in [1.807, 2.05) is 18.2 Å². The van der Waals surface area contributed by atoms with Gasteiger partial charge >= 0.3 is 0 Å². The van der Waals surface area contributed by atoms with Crippen LogP contribution in [-0.2, 0) is 6.54 Å². The Hall–Kier alpha value is -0.900. The summed E-state index contributed by atoms with van der Waals surface area (Å²) in [5, 5.41) is 19.3. The average Bonchev–Trinajstić information content (AvgIpc) is 2.63. The first-order chi connectivity index (χ1) is 8.53. The fraction of sp³-hybridized carbons (Fsp3) is 0.600. The molecule has 18 heavy (non-hydrogen) atoms. The largest absolute Gasteiger partial charge is 0.396 e. The first-order valence-electron chi connectivity index (χ1n) is 6.51. The predicted octanol–water partition coefficient (Wildman–Crippen LogP) is 1.50. The van der Waals surface area contributed by atoms with Crippen molar-refractivity contribution >= 4 is 0 Å². The van der Waals surface area contributed by atoms with Crippen LogP contribution in [0.1, 0.15) is 19.4 Å². The van der Waals surface area contributed by atoms with Crippen LogP contribution < -0.4 is 0 Å². The molecule has 1 fully saturated rings. The molecule has 2 N–H and O–H groups in total. The van der Waals surface area contributed by atoms with Gasteiger partial charge in [-0.05, 0) is 5.56 Å². The quantitative estimate of drug-likeness (QED) is 0.850. The van der Waals surface area contributed by atoms with Gasteiger partial charge in [0, 0.05) is 30.5 Å². The first-order valence-corrected chi connectivity index (χ1v) is 6.51. The lowest BCUT2D eigenvalue weighted by molar-refractivity contribution is 0.00976. The predicted molar refractivity (Wildman–Crippen MR) is 72.1 cm³/mol. The Morgan fingerprint density at radius 1 is 1.00 bits per heavy atom. The standard InChI is InChI=1S/C15H23NO2/c1-14(11-17)9-16(10-15(14,2)12-18)8-13-6-4-3-5-7-13/h3-7,17-18H,8-12H2,1-2H3/t14-,15+. The Morgan fingerprint density at radius 3 is 1.94 bits per heavy atom. The SMILES string of the molecule is C[C@]1(CO)CN(Cc2ccccc2)C[C@@]1(C)CO. The molecule has 2 rings (SSSR count). The maximum absolute atomic E-state index is 9.64. The van der Waals surface area contributed by atoms with Crippen LogP contribution in [0.5, 0.6) is 0 Å². The summed E-state index contributed by atoms with van der Waals surface area (Å²) in [4.78, 5) is 2.32. The molecule has 0 unspecified atom stereocenters. The van der Waals surface area contributed by atoms with Gasteiger partial charge in [-0.1, -0.05) is 44.2 Å². The van der Waals surface area contributed by atoms with Crippen molar-refractivity contribution in [2.45, 2.75) is 20.4 Å². The molecule has 100 valence electrons. The second kappa shape index (κ2) is 5.00. The normalized spacial score (nSPS) is 32.9. The molecular weight excluding hydrogens is 226 g/mol. The van der Waals surface area contributed by atoms with Crippen molar-refractivity contribution in [3.63, 3.8) is 0 Å². The van der Waals surface area contributed by atoms with E-state index >= 15 is 0 Å². The summed E-state index contributed by atoms with van der Waals surface area (Å²) in [6.45, 7) is 6.91. The third kappa shape index (κ3) is 2.30. The number of hydrogen-bond acceptors (Lipinski definition) is 3. The average molecular weight is 249 g/mol. The maximum Gasteiger partial charge on any atom is 0.0503 e. The van der Waals surface area contributed by atoms with Crippen LogP contribution in [-0.4, -0.2) is 41.4 Å². The van der Waals surface area contributed by atoms with Crippen LogP contribution in [0.3, 0.4) is 0 Å². The molecule has 1 saturated heterocycles. The molecule has 0 bridgehead atoms. The highest BCUT2D eigenvalue weighted by Gasteiger charge is 2.51. The lowest BCUT2D eigenvalue weighted by Gasteiger charge is -2.36. The monoisotopic (exact) mass is 249 g/mol. The van der Waals surface area contributed by atoms with Gasteiger partial charge in [-0.3, -0.25) is 4.90 Å². The number of nitrogens with zero attached hydrogens (tertiary/aromatic N) is 1. The molecule has 1 aromatic rings. The van der Waals surface area contributed by atoms with Gasteiger partial charge in [0.25, 0.3) is 0 Å². The van der Waals surface area contributed by atoms with Crippen molar-refractivity contribution in [2.75, 3.05) is 26.3 Å². The molecule has 1 aromatic carbocycles. The Kier molecular flexibility index (Phi) is 3.76. The van der Waals surface area contributed by atoms with E-state index in [-0.39, 0.29) is 24.0 Å². The van der Waals surface area contributed by atoms with Gasteiger partial charge in [0.2, 0.25) is 0 Å². The molecule has 3 heteroatoms. The molecule has 3 nitrogen and oxygen atoms in total. The Balaban J connectivity index is 2.10. The minimum atomic E-state index is -0.226. The molecule has 1 aliphatic rings. The zero-order valence-electron chi connectivity index (χ0n) is 11.3. The van der Waals surface area contributed by atoms with Crippen LogP contribution in [0, 0.1) is 10.8 Å². The Morgan fingerprint density at radius 2 is 1.50 bits per heavy atom. The van der Waals surface area contributed by atoms with Crippen LogP contribution >= 0.6 is 0 Å². The van der Waals surface area contributed by atoms with Gasteiger partial charge in [0.15, 0.2) is 0 Å². The second-order valence-electron chi connectivity index (χ2n) is 6.07. The topological polar surface area (TPSA) is 43.7 Å². The molecule has 0 radical (unpaired) electrons. The van der Waals surface area contributed by atoms with Gasteiger partial charge in [0.1, 0.15) is 0 Å². The van der Waals surface area contributed by atoms with Crippen LogP contribution in [0.4, 0.5) is 0 Å². The highest BCUT2D eigenvalue weighted by molar-refractivity contribution is 5.15. The first kappa shape index (κ1) is 13.5. The van der Waals surface area contributed by atoms with Crippen molar-refractivity contribution in [2.24, 2.45) is 10.8 Å². The maximum atomic E-state index is 9.64. The number of likely N-dealkylation sites (tertiary alicyclic amines) is 1. The molecule has 1 aliphatic heterocycles. The van der Waals surface area contributed by atoms with E-state index in [0.717, 1.165) is 19.6 Å². The molecular formula is C15H23NO2. The summed E-state index contributed by atoms with van der Waals surface area (Å²) in [6, 6.07) is 10.3. The molecule has 0 aromatic heterocycles. The smallest absolute Gasteiger partial charge is 0.0503 e. The number of rotatable bonds is 4. The lowest BCUT2D eigenvalue weighted by Crippen LogP contribution is -2.41. The van der Waals surface area contributed by atoms with Crippen molar-refractivity contribution in [3.05, 3.63) is 35.9 Å². The van der Waals surface area contributed by atoms with Crippen LogP contribution in [0.15, 0.2) is 30.3 Å². The van der Waals surface area contributed by atoms with Gasteiger partial charge in [-0.2, -0.15) is 0 Å². The van der Waals surface area contributed by atoms with Gasteiger partial charge in [-0.25, -0.2) is 0 Å². The van der Waals surface area contributed by atoms with Crippen molar-refractivity contribution < 1.29 is 10.2 Å². The second-order valence-corrected chi connectivity index (χ2v) is 6.07. The highest BCUT2D eigenvalue weighted by Crippen LogP contribution is 2.45. The number of benzene rings is 1. The molecule has 0 aliphatic carbocycles. The molecule has 0 saturated carbocycles. The number of hydrogen-bond donors (Lipinski definition) is 2. The van der Waals surface area contributed by atoms with Gasteiger partial charge in [-0.15, -0.1) is 0 Å². The van der Waals surface area contributed by atoms with E-state index in [2.05, 4.69) is 30.9 Å². The summed E-state index contributed by atoms with van der Waals surface area (Å²) in [5.41, 5.74) is 0.826. The minimum absolute atomic E-state index is 0.120. The van der Waals surface area contributed by atoms with Crippen LogP contribution in [0.2, 0.25) is 0 Å². The van der Waals surface area contributed by atoms with Crippen molar-refractivity contribution in [1.82, 2.24) is 4.90 Å². The zero-order valence-corrected chi connectivity index (χ0v) is 11.3. The van der Waals surface area contributed by atoms with E-state index in [0.29, 0.717) is 0 Å². The minimum Gasteiger partial charge on any atom is -0.396 e. The zero-order chi connectivity index (χ0) is 13.2. The fourth-order valence-electron chi connectivity index (χ4n) is 2.86. The lowest BCUT2D eigenvalue weighted by atomic mass is 9.69. The Labute approximate surface area is 109 Å². The van der Waals surface area contributed by atoms with E-state index in [4.69, 9.17) is 0 Å². The third-order valence-corrected chi connectivity index (χ3v) is 4.55. The summed E-state index contributed by atoms with van der Waals surface area (Å²) in [7, 11) is 0. The third-order valence-electron chi connectivity index (χ3n) is 4.55. The fourth-order valence-corrected chi connectivity index (χ4v) is 2.86. The highest BCUT2D eigenvalue weighted by atomic mass is 16.3. The summed E-state index contributed by atoms with van der Waals surface area (Å²) >= 11 is 0. The van der Waals surface area contributed by atoms with Crippen LogP contribution in [0.25, 0.3) is 0 Å². The number of aliphatic hydroxyl groups is 2. The molecule has 0 amide bonds. The van der Waals surface area contributed by atoms with Gasteiger partial charge in [0.05, 0.1) is 13.2 Å². The summed E-state index contributed by atoms with van der Waals surface area (Å²) in [6.07, 6.45) is 0. The molecule has 1 heterocycles. The van der Waals surface area contributed by atoms with E-state index in [1.54, 1.807) is 0 Å². The number of aliphatic hydroxyl groups excluding tert-OH is 2. The molecule has 0 spiro atoms. The van der Waals surface area contributed by atoms with Crippen molar-refractivity contribution in [1.29, 1.82) is 0 Å².